The topological polar surface area (TPSA) is 49.3 Å². The Morgan fingerprint density at radius 1 is 1.17 bits per heavy atom. The highest BCUT2D eigenvalue weighted by Crippen LogP contribution is 2.41. The number of aryl methyl sites for hydroxylation is 1. The Morgan fingerprint density at radius 2 is 1.90 bits per heavy atom. The number of rotatable bonds is 4. The maximum atomic E-state index is 12.4. The van der Waals surface area contributed by atoms with Gasteiger partial charge in [-0.1, -0.05) is 34.6 Å². The van der Waals surface area contributed by atoms with Crippen molar-refractivity contribution < 1.29 is 4.79 Å². The smallest absolute Gasteiger partial charge is 0.225 e. The highest BCUT2D eigenvalue weighted by atomic mass is 32.1. The number of anilines is 1. The summed E-state index contributed by atoms with van der Waals surface area (Å²) >= 11 is 1.89. The van der Waals surface area contributed by atoms with E-state index in [1.165, 1.54) is 33.5 Å². The average Bonchev–Trinajstić information content (AvgIpc) is 3.09. The number of fused-ring (bicyclic) bond motifs is 3. The molecule has 1 aliphatic heterocycles. The van der Waals surface area contributed by atoms with E-state index >= 15 is 0 Å². The maximum absolute atomic E-state index is 12.4. The molecule has 0 aromatic carbocycles. The van der Waals surface area contributed by atoms with Crippen LogP contribution in [-0.2, 0) is 17.6 Å². The molecule has 2 aromatic rings. The van der Waals surface area contributed by atoms with E-state index in [2.05, 4.69) is 25.7 Å². The third kappa shape index (κ3) is 3.88. The van der Waals surface area contributed by atoms with Gasteiger partial charge in [0.15, 0.2) is 0 Å². The Balaban J connectivity index is 1.71. The van der Waals surface area contributed by atoms with Crippen molar-refractivity contribution >= 4 is 33.3 Å². The number of piperazine rings is 1. The van der Waals surface area contributed by atoms with Crippen LogP contribution in [0.4, 0.5) is 5.82 Å². The van der Waals surface area contributed by atoms with Crippen molar-refractivity contribution in [2.24, 2.45) is 11.8 Å². The summed E-state index contributed by atoms with van der Waals surface area (Å²) in [5.41, 5.74) is 1.49. The summed E-state index contributed by atoms with van der Waals surface area (Å²) < 4.78 is 0. The normalized spacial score (nSPS) is 21.0. The second-order valence-electron chi connectivity index (χ2n) is 9.21. The predicted octanol–water partition coefficient (Wildman–Crippen LogP) is 4.63. The molecule has 0 spiro atoms. The monoisotopic (exact) mass is 414 g/mol. The van der Waals surface area contributed by atoms with Crippen LogP contribution in [0.15, 0.2) is 0 Å². The minimum Gasteiger partial charge on any atom is -0.352 e. The lowest BCUT2D eigenvalue weighted by molar-refractivity contribution is -0.134. The molecule has 29 heavy (non-hydrogen) atoms. The molecule has 1 saturated heterocycles. The zero-order valence-electron chi connectivity index (χ0n) is 18.5. The molecule has 2 atom stereocenters. The summed E-state index contributed by atoms with van der Waals surface area (Å²) in [4.78, 5) is 29.6. The molecule has 3 heterocycles. The summed E-state index contributed by atoms with van der Waals surface area (Å²) in [6.45, 7) is 14.0. The lowest BCUT2D eigenvalue weighted by Gasteiger charge is -2.36. The van der Waals surface area contributed by atoms with Crippen molar-refractivity contribution in [1.29, 1.82) is 0 Å². The van der Waals surface area contributed by atoms with Crippen LogP contribution < -0.4 is 4.90 Å². The molecule has 4 rings (SSSR count). The molecule has 1 amide bonds. The second kappa shape index (κ2) is 8.21. The molecule has 5 nitrogen and oxygen atoms in total. The van der Waals surface area contributed by atoms with E-state index in [0.717, 1.165) is 56.6 Å². The fourth-order valence-electron chi connectivity index (χ4n) is 4.47. The van der Waals surface area contributed by atoms with Crippen LogP contribution in [-0.4, -0.2) is 47.0 Å². The minimum atomic E-state index is 0.0650. The third-order valence-corrected chi connectivity index (χ3v) is 7.74. The number of thiophene rings is 1. The Bertz CT molecular complexity index is 898. The number of hydrogen-bond acceptors (Lipinski definition) is 5. The number of carbonyl (C=O) groups is 1. The SMILES string of the molecule is CC[C@H](C)c1nc(N2CCN(C(=O)C(C)C)CC2)c2c3c(sc2n1)C[C@@H](C)CC3. The van der Waals surface area contributed by atoms with Crippen LogP contribution in [0, 0.1) is 11.8 Å². The first-order valence-corrected chi connectivity index (χ1v) is 12.1. The largest absolute Gasteiger partial charge is 0.352 e. The van der Waals surface area contributed by atoms with Gasteiger partial charge in [-0.25, -0.2) is 9.97 Å². The summed E-state index contributed by atoms with van der Waals surface area (Å²) in [6.07, 6.45) is 4.61. The first kappa shape index (κ1) is 20.6. The zero-order valence-corrected chi connectivity index (χ0v) is 19.3. The number of aromatic nitrogens is 2. The second-order valence-corrected chi connectivity index (χ2v) is 10.3. The van der Waals surface area contributed by atoms with E-state index in [1.807, 2.05) is 30.1 Å². The van der Waals surface area contributed by atoms with Crippen LogP contribution >= 0.6 is 11.3 Å². The fraction of sp³-hybridized carbons (Fsp3) is 0.696. The molecule has 0 bridgehead atoms. The standard InChI is InChI=1S/C23H34N4OS/c1-6-16(5)20-24-21(26-9-11-27(12-10-26)23(28)14(2)3)19-17-8-7-15(4)13-18(17)29-22(19)25-20/h14-16H,6-13H2,1-5H3/t15-,16-/m0/s1. The molecular formula is C23H34N4OS. The molecule has 0 radical (unpaired) electrons. The molecule has 1 aliphatic carbocycles. The van der Waals surface area contributed by atoms with E-state index < -0.39 is 0 Å². The summed E-state index contributed by atoms with van der Waals surface area (Å²) in [7, 11) is 0. The van der Waals surface area contributed by atoms with E-state index in [9.17, 15) is 4.79 Å². The lowest BCUT2D eigenvalue weighted by Crippen LogP contribution is -2.50. The molecule has 2 aliphatic rings. The first-order valence-electron chi connectivity index (χ1n) is 11.2. The van der Waals surface area contributed by atoms with Crippen LogP contribution in [0.3, 0.4) is 0 Å². The molecule has 1 fully saturated rings. The fourth-order valence-corrected chi connectivity index (χ4v) is 5.86. The van der Waals surface area contributed by atoms with E-state index in [4.69, 9.17) is 9.97 Å². The van der Waals surface area contributed by atoms with Gasteiger partial charge in [-0.15, -0.1) is 11.3 Å². The molecule has 0 saturated carbocycles. The zero-order chi connectivity index (χ0) is 20.7. The highest BCUT2D eigenvalue weighted by molar-refractivity contribution is 7.19. The van der Waals surface area contributed by atoms with Gasteiger partial charge in [0, 0.05) is 42.9 Å². The van der Waals surface area contributed by atoms with Crippen LogP contribution in [0.2, 0.25) is 0 Å². The van der Waals surface area contributed by atoms with Gasteiger partial charge in [-0.2, -0.15) is 0 Å². The Morgan fingerprint density at radius 3 is 2.55 bits per heavy atom. The van der Waals surface area contributed by atoms with Gasteiger partial charge in [0.05, 0.1) is 5.39 Å². The van der Waals surface area contributed by atoms with Crippen molar-refractivity contribution in [3.63, 3.8) is 0 Å². The summed E-state index contributed by atoms with van der Waals surface area (Å²) in [5.74, 6) is 3.54. The van der Waals surface area contributed by atoms with Gasteiger partial charge in [-0.05, 0) is 37.2 Å². The van der Waals surface area contributed by atoms with E-state index in [1.54, 1.807) is 0 Å². The van der Waals surface area contributed by atoms with Crippen LogP contribution in [0.25, 0.3) is 10.2 Å². The van der Waals surface area contributed by atoms with Crippen LogP contribution in [0.1, 0.15) is 69.6 Å². The number of amides is 1. The van der Waals surface area contributed by atoms with Crippen molar-refractivity contribution in [2.75, 3.05) is 31.1 Å². The molecule has 6 heteroatoms. The van der Waals surface area contributed by atoms with Gasteiger partial charge in [0.25, 0.3) is 0 Å². The Hall–Kier alpha value is -1.69. The Labute approximate surface area is 178 Å². The van der Waals surface area contributed by atoms with Gasteiger partial charge < -0.3 is 9.80 Å². The molecule has 0 N–H and O–H groups in total. The average molecular weight is 415 g/mol. The molecule has 2 aromatic heterocycles. The lowest BCUT2D eigenvalue weighted by atomic mass is 9.89. The summed E-state index contributed by atoms with van der Waals surface area (Å²) in [6, 6.07) is 0. The van der Waals surface area contributed by atoms with E-state index in [-0.39, 0.29) is 11.8 Å². The minimum absolute atomic E-state index is 0.0650. The summed E-state index contributed by atoms with van der Waals surface area (Å²) in [5, 5.41) is 1.30. The third-order valence-electron chi connectivity index (χ3n) is 6.59. The quantitative estimate of drug-likeness (QED) is 0.732. The highest BCUT2D eigenvalue weighted by Gasteiger charge is 2.29. The van der Waals surface area contributed by atoms with Crippen molar-refractivity contribution in [3.8, 4) is 0 Å². The molecular weight excluding hydrogens is 380 g/mol. The van der Waals surface area contributed by atoms with E-state index in [0.29, 0.717) is 5.92 Å². The number of hydrogen-bond donors (Lipinski definition) is 0. The first-order chi connectivity index (χ1) is 13.9. The van der Waals surface area contributed by atoms with Gasteiger partial charge in [0.2, 0.25) is 5.91 Å². The van der Waals surface area contributed by atoms with Crippen LogP contribution in [0.5, 0.6) is 0 Å². The molecule has 158 valence electrons. The molecule has 0 unspecified atom stereocenters. The van der Waals surface area contributed by atoms with Crippen molar-refractivity contribution in [1.82, 2.24) is 14.9 Å². The Kier molecular flexibility index (Phi) is 5.83. The predicted molar refractivity (Wildman–Crippen MR) is 121 cm³/mol. The van der Waals surface area contributed by atoms with Gasteiger partial charge in [-0.3, -0.25) is 4.79 Å². The number of carbonyl (C=O) groups excluding carboxylic acids is 1. The van der Waals surface area contributed by atoms with Gasteiger partial charge >= 0.3 is 0 Å². The number of nitrogens with zero attached hydrogens (tertiary/aromatic N) is 4. The maximum Gasteiger partial charge on any atom is 0.225 e. The van der Waals surface area contributed by atoms with Gasteiger partial charge in [0.1, 0.15) is 16.5 Å². The van der Waals surface area contributed by atoms with Crippen molar-refractivity contribution in [2.45, 2.75) is 66.2 Å². The van der Waals surface area contributed by atoms with Crippen molar-refractivity contribution in [3.05, 3.63) is 16.3 Å².